The molecule has 3 atom stereocenters. The fraction of sp³-hybridized carbons (Fsp3) is 0.933. The van der Waals surface area contributed by atoms with Gasteiger partial charge < -0.3 is 15.5 Å². The number of halogens is 2. The number of carbonyl (C=O) groups is 1. The Kier molecular flexibility index (Phi) is 9.17. The van der Waals surface area contributed by atoms with Gasteiger partial charge in [-0.15, -0.1) is 24.8 Å². The molecule has 0 radical (unpaired) electrons. The maximum Gasteiger partial charge on any atom is 0.224 e. The fourth-order valence-corrected chi connectivity index (χ4v) is 3.63. The Bertz CT molecular complexity index is 322. The van der Waals surface area contributed by atoms with Crippen molar-refractivity contribution in [3.05, 3.63) is 0 Å². The molecule has 126 valence electrons. The molecule has 3 unspecified atom stereocenters. The molecule has 2 N–H and O–H groups in total. The molecule has 21 heavy (non-hydrogen) atoms. The van der Waals surface area contributed by atoms with Crippen LogP contribution in [0.15, 0.2) is 0 Å². The smallest absolute Gasteiger partial charge is 0.224 e. The highest BCUT2D eigenvalue weighted by molar-refractivity contribution is 5.85. The van der Waals surface area contributed by atoms with Crippen LogP contribution in [0.1, 0.15) is 39.0 Å². The number of nitrogens with zero attached hydrogens (tertiary/aromatic N) is 1. The van der Waals surface area contributed by atoms with Crippen molar-refractivity contribution < 1.29 is 4.79 Å². The van der Waals surface area contributed by atoms with E-state index in [9.17, 15) is 4.79 Å². The first kappa shape index (κ1) is 21.0. The van der Waals surface area contributed by atoms with Crippen molar-refractivity contribution >= 4 is 30.7 Å². The SMILES string of the molecule is CC1CCCC(CNC(=O)C2CCNC2)(N(C)C)C1.Cl.Cl. The van der Waals surface area contributed by atoms with Crippen LogP contribution in [0.3, 0.4) is 0 Å². The minimum absolute atomic E-state index is 0. The lowest BCUT2D eigenvalue weighted by atomic mass is 9.75. The highest BCUT2D eigenvalue weighted by atomic mass is 35.5. The number of carbonyl (C=O) groups excluding carboxylic acids is 1. The lowest BCUT2D eigenvalue weighted by Crippen LogP contribution is -2.55. The second-order valence-corrected chi connectivity index (χ2v) is 6.73. The largest absolute Gasteiger partial charge is 0.354 e. The van der Waals surface area contributed by atoms with Gasteiger partial charge in [-0.2, -0.15) is 0 Å². The summed E-state index contributed by atoms with van der Waals surface area (Å²) in [4.78, 5) is 14.5. The van der Waals surface area contributed by atoms with Gasteiger partial charge in [0.25, 0.3) is 0 Å². The van der Waals surface area contributed by atoms with Gasteiger partial charge in [0.1, 0.15) is 0 Å². The van der Waals surface area contributed by atoms with E-state index < -0.39 is 0 Å². The summed E-state index contributed by atoms with van der Waals surface area (Å²) in [5.41, 5.74) is 0.166. The molecule has 2 aliphatic rings. The van der Waals surface area contributed by atoms with E-state index in [2.05, 4.69) is 36.6 Å². The molecule has 0 bridgehead atoms. The zero-order valence-corrected chi connectivity index (χ0v) is 15.1. The monoisotopic (exact) mass is 339 g/mol. The van der Waals surface area contributed by atoms with Crippen LogP contribution in [0.25, 0.3) is 0 Å². The van der Waals surface area contributed by atoms with Crippen molar-refractivity contribution in [2.75, 3.05) is 33.7 Å². The molecular weight excluding hydrogens is 309 g/mol. The second kappa shape index (κ2) is 9.19. The van der Waals surface area contributed by atoms with Gasteiger partial charge in [-0.1, -0.05) is 19.8 Å². The predicted octanol–water partition coefficient (Wildman–Crippen LogP) is 2.07. The van der Waals surface area contributed by atoms with Crippen LogP contribution in [-0.2, 0) is 4.79 Å². The van der Waals surface area contributed by atoms with Crippen molar-refractivity contribution in [2.45, 2.75) is 44.6 Å². The van der Waals surface area contributed by atoms with Crippen molar-refractivity contribution in [3.63, 3.8) is 0 Å². The van der Waals surface area contributed by atoms with Gasteiger partial charge in [0.15, 0.2) is 0 Å². The van der Waals surface area contributed by atoms with Gasteiger partial charge in [0.05, 0.1) is 5.92 Å². The Hall–Kier alpha value is -0.0300. The maximum absolute atomic E-state index is 12.2. The molecule has 1 aliphatic heterocycles. The van der Waals surface area contributed by atoms with Gasteiger partial charge in [0.2, 0.25) is 5.91 Å². The lowest BCUT2D eigenvalue weighted by Gasteiger charge is -2.45. The molecule has 2 fully saturated rings. The molecule has 1 saturated carbocycles. The number of hydrogen-bond donors (Lipinski definition) is 2. The van der Waals surface area contributed by atoms with Gasteiger partial charge in [-0.05, 0) is 45.8 Å². The Morgan fingerprint density at radius 1 is 1.33 bits per heavy atom. The molecule has 1 saturated heterocycles. The van der Waals surface area contributed by atoms with Crippen LogP contribution in [0.2, 0.25) is 0 Å². The molecule has 1 aliphatic carbocycles. The summed E-state index contributed by atoms with van der Waals surface area (Å²) < 4.78 is 0. The zero-order chi connectivity index (χ0) is 13.9. The van der Waals surface area contributed by atoms with Crippen LogP contribution >= 0.6 is 24.8 Å². The first-order valence-corrected chi connectivity index (χ1v) is 7.69. The molecule has 0 aromatic carbocycles. The van der Waals surface area contributed by atoms with Crippen molar-refractivity contribution in [3.8, 4) is 0 Å². The highest BCUT2D eigenvalue weighted by Gasteiger charge is 2.37. The average molecular weight is 340 g/mol. The van der Waals surface area contributed by atoms with E-state index >= 15 is 0 Å². The summed E-state index contributed by atoms with van der Waals surface area (Å²) in [5, 5.41) is 6.48. The van der Waals surface area contributed by atoms with E-state index in [1.165, 1.54) is 25.7 Å². The summed E-state index contributed by atoms with van der Waals surface area (Å²) in [6.07, 6.45) is 5.99. The molecular formula is C15H31Cl2N3O. The maximum atomic E-state index is 12.2. The van der Waals surface area contributed by atoms with Crippen LogP contribution in [-0.4, -0.2) is 50.1 Å². The fourth-order valence-electron chi connectivity index (χ4n) is 3.63. The quantitative estimate of drug-likeness (QED) is 0.823. The molecule has 0 spiro atoms. The zero-order valence-electron chi connectivity index (χ0n) is 13.5. The van der Waals surface area contributed by atoms with E-state index in [0.29, 0.717) is 0 Å². The third-order valence-electron chi connectivity index (χ3n) is 5.04. The van der Waals surface area contributed by atoms with E-state index in [4.69, 9.17) is 0 Å². The standard InChI is InChI=1S/C15H29N3O.2ClH/c1-12-5-4-7-15(9-12,18(2)3)11-17-14(19)13-6-8-16-10-13;;/h12-13,16H,4-11H2,1-3H3,(H,17,19);2*1H. The predicted molar refractivity (Wildman–Crippen MR) is 92.5 cm³/mol. The summed E-state index contributed by atoms with van der Waals surface area (Å²) >= 11 is 0. The average Bonchev–Trinajstić information content (AvgIpc) is 2.89. The van der Waals surface area contributed by atoms with Gasteiger partial charge >= 0.3 is 0 Å². The van der Waals surface area contributed by atoms with Crippen LogP contribution in [0, 0.1) is 11.8 Å². The van der Waals surface area contributed by atoms with Crippen molar-refractivity contribution in [1.82, 2.24) is 15.5 Å². The Morgan fingerprint density at radius 3 is 2.57 bits per heavy atom. The molecule has 0 aromatic heterocycles. The van der Waals surface area contributed by atoms with E-state index in [1.807, 2.05) is 0 Å². The summed E-state index contributed by atoms with van der Waals surface area (Å²) in [5.74, 6) is 1.19. The molecule has 1 heterocycles. The van der Waals surface area contributed by atoms with Crippen molar-refractivity contribution in [1.29, 1.82) is 0 Å². The third kappa shape index (κ3) is 5.27. The number of amides is 1. The second-order valence-electron chi connectivity index (χ2n) is 6.73. The first-order valence-electron chi connectivity index (χ1n) is 7.69. The molecule has 1 amide bonds. The van der Waals surface area contributed by atoms with E-state index in [0.717, 1.165) is 32.0 Å². The summed E-state index contributed by atoms with van der Waals surface area (Å²) in [7, 11) is 4.31. The topological polar surface area (TPSA) is 44.4 Å². The Morgan fingerprint density at radius 2 is 2.05 bits per heavy atom. The van der Waals surface area contributed by atoms with Crippen LogP contribution in [0.5, 0.6) is 0 Å². The highest BCUT2D eigenvalue weighted by Crippen LogP contribution is 2.35. The van der Waals surface area contributed by atoms with Crippen LogP contribution < -0.4 is 10.6 Å². The third-order valence-corrected chi connectivity index (χ3v) is 5.04. The molecule has 0 aromatic rings. The minimum atomic E-state index is 0. The number of rotatable bonds is 4. The summed E-state index contributed by atoms with van der Waals surface area (Å²) in [6.45, 7) is 4.96. The normalized spacial score (nSPS) is 32.2. The van der Waals surface area contributed by atoms with Gasteiger partial charge in [-0.3, -0.25) is 4.79 Å². The molecule has 6 heteroatoms. The minimum Gasteiger partial charge on any atom is -0.354 e. The van der Waals surface area contributed by atoms with Gasteiger partial charge in [0, 0.05) is 18.6 Å². The number of hydrogen-bond acceptors (Lipinski definition) is 3. The Balaban J connectivity index is 0.00000200. The first-order chi connectivity index (χ1) is 9.03. The lowest BCUT2D eigenvalue weighted by molar-refractivity contribution is -0.125. The molecule has 4 nitrogen and oxygen atoms in total. The number of likely N-dealkylation sites (N-methyl/N-ethyl adjacent to an activating group) is 1. The van der Waals surface area contributed by atoms with Crippen LogP contribution in [0.4, 0.5) is 0 Å². The van der Waals surface area contributed by atoms with Crippen molar-refractivity contribution in [2.24, 2.45) is 11.8 Å². The number of nitrogens with one attached hydrogen (secondary N) is 2. The van der Waals surface area contributed by atoms with E-state index in [1.54, 1.807) is 0 Å². The van der Waals surface area contributed by atoms with E-state index in [-0.39, 0.29) is 42.2 Å². The van der Waals surface area contributed by atoms with Gasteiger partial charge in [-0.25, -0.2) is 0 Å². The Labute approximate surface area is 141 Å². The summed E-state index contributed by atoms with van der Waals surface area (Å²) in [6, 6.07) is 0. The molecule has 2 rings (SSSR count).